The van der Waals surface area contributed by atoms with Gasteiger partial charge in [-0.2, -0.15) is 0 Å². The maximum atomic E-state index is 13.1. The monoisotopic (exact) mass is 454 g/mol. The third-order valence-electron chi connectivity index (χ3n) is 6.45. The van der Waals surface area contributed by atoms with Crippen LogP contribution in [0.15, 0.2) is 48.5 Å². The number of piperazine rings is 1. The van der Waals surface area contributed by atoms with Gasteiger partial charge in [-0.25, -0.2) is 4.39 Å². The molecule has 0 spiro atoms. The van der Waals surface area contributed by atoms with Crippen molar-refractivity contribution in [3.63, 3.8) is 0 Å². The lowest BCUT2D eigenvalue weighted by Gasteiger charge is -2.39. The molecule has 2 aromatic rings. The third-order valence-corrected chi connectivity index (χ3v) is 6.45. The number of benzene rings is 2. The number of nitrogens with one attached hydrogen (secondary N) is 1. The molecule has 0 atom stereocenters. The number of nitrogens with zero attached hydrogens (tertiary/aromatic N) is 3. The second-order valence-electron chi connectivity index (χ2n) is 8.59. The molecule has 0 radical (unpaired) electrons. The first-order chi connectivity index (χ1) is 16.0. The van der Waals surface area contributed by atoms with E-state index in [2.05, 4.69) is 21.2 Å². The summed E-state index contributed by atoms with van der Waals surface area (Å²) in [6.07, 6.45) is 1.52. The maximum Gasteiger partial charge on any atom is 0.238 e. The number of ether oxygens (including phenoxy) is 1. The van der Waals surface area contributed by atoms with Gasteiger partial charge in [0.1, 0.15) is 11.6 Å². The van der Waals surface area contributed by atoms with E-state index in [0.29, 0.717) is 31.9 Å². The molecule has 2 fully saturated rings. The largest absolute Gasteiger partial charge is 0.495 e. The Bertz CT molecular complexity index is 952. The third kappa shape index (κ3) is 5.82. The van der Waals surface area contributed by atoms with Crippen molar-refractivity contribution in [3.05, 3.63) is 54.3 Å². The van der Waals surface area contributed by atoms with Crippen LogP contribution in [-0.2, 0) is 9.59 Å². The summed E-state index contributed by atoms with van der Waals surface area (Å²) < 4.78 is 18.5. The predicted molar refractivity (Wildman–Crippen MR) is 126 cm³/mol. The maximum absolute atomic E-state index is 13.1. The van der Waals surface area contributed by atoms with E-state index >= 15 is 0 Å². The van der Waals surface area contributed by atoms with Gasteiger partial charge in [0.05, 0.1) is 19.3 Å². The van der Waals surface area contributed by atoms with Gasteiger partial charge in [-0.05, 0) is 62.3 Å². The zero-order chi connectivity index (χ0) is 23.2. The van der Waals surface area contributed by atoms with Crippen LogP contribution in [0.5, 0.6) is 5.75 Å². The topological polar surface area (TPSA) is 65.1 Å². The Hall–Kier alpha value is -3.13. The van der Waals surface area contributed by atoms with Gasteiger partial charge in [0.2, 0.25) is 11.8 Å². The summed E-state index contributed by atoms with van der Waals surface area (Å²) in [6, 6.07) is 13.7. The SMILES string of the molecule is COc1ccccc1N1CCN(C(=O)C2CCN(CC(=O)Nc3ccc(F)cc3)CC2)CC1. The zero-order valence-corrected chi connectivity index (χ0v) is 19.0. The molecule has 2 aromatic carbocycles. The summed E-state index contributed by atoms with van der Waals surface area (Å²) in [7, 11) is 1.68. The van der Waals surface area contributed by atoms with E-state index in [-0.39, 0.29) is 30.1 Å². The smallest absolute Gasteiger partial charge is 0.238 e. The van der Waals surface area contributed by atoms with Crippen molar-refractivity contribution in [3.8, 4) is 5.75 Å². The number of piperidine rings is 1. The predicted octanol–water partition coefficient (Wildman–Crippen LogP) is 2.83. The lowest BCUT2D eigenvalue weighted by atomic mass is 9.95. The summed E-state index contributed by atoms with van der Waals surface area (Å²) in [5, 5.41) is 2.79. The van der Waals surface area contributed by atoms with Crippen molar-refractivity contribution in [2.45, 2.75) is 12.8 Å². The summed E-state index contributed by atoms with van der Waals surface area (Å²) >= 11 is 0. The van der Waals surface area contributed by atoms with Crippen LogP contribution in [0.2, 0.25) is 0 Å². The van der Waals surface area contributed by atoms with Gasteiger partial charge in [-0.15, -0.1) is 0 Å². The van der Waals surface area contributed by atoms with Crippen LogP contribution in [0.1, 0.15) is 12.8 Å². The lowest BCUT2D eigenvalue weighted by molar-refractivity contribution is -0.137. The normalized spacial score (nSPS) is 17.6. The van der Waals surface area contributed by atoms with Crippen molar-refractivity contribution >= 4 is 23.2 Å². The van der Waals surface area contributed by atoms with Gasteiger partial charge in [-0.3, -0.25) is 14.5 Å². The number of methoxy groups -OCH3 is 1. The molecule has 4 rings (SSSR count). The highest BCUT2D eigenvalue weighted by atomic mass is 19.1. The van der Waals surface area contributed by atoms with Crippen LogP contribution in [0.3, 0.4) is 0 Å². The number of hydrogen-bond donors (Lipinski definition) is 1. The average Bonchev–Trinajstić information content (AvgIpc) is 2.85. The van der Waals surface area contributed by atoms with E-state index in [1.165, 1.54) is 12.1 Å². The number of para-hydroxylation sites is 2. The summed E-state index contributed by atoms with van der Waals surface area (Å²) in [5.74, 6) is 0.636. The van der Waals surface area contributed by atoms with Crippen LogP contribution in [0, 0.1) is 11.7 Å². The Labute approximate surface area is 194 Å². The summed E-state index contributed by atoms with van der Waals surface area (Å²) in [4.78, 5) is 31.7. The highest BCUT2D eigenvalue weighted by Gasteiger charge is 2.31. The van der Waals surface area contributed by atoms with Crippen molar-refractivity contribution in [1.82, 2.24) is 9.80 Å². The second-order valence-corrected chi connectivity index (χ2v) is 8.59. The van der Waals surface area contributed by atoms with E-state index in [1.807, 2.05) is 23.1 Å². The Balaban J connectivity index is 1.21. The Morgan fingerprint density at radius 3 is 2.30 bits per heavy atom. The molecule has 33 heavy (non-hydrogen) atoms. The molecule has 2 heterocycles. The molecule has 1 N–H and O–H groups in total. The molecule has 2 aliphatic rings. The number of anilines is 2. The summed E-state index contributed by atoms with van der Waals surface area (Å²) in [5.41, 5.74) is 1.65. The van der Waals surface area contributed by atoms with Crippen molar-refractivity contribution in [1.29, 1.82) is 0 Å². The van der Waals surface area contributed by atoms with Gasteiger partial charge >= 0.3 is 0 Å². The Morgan fingerprint density at radius 1 is 0.970 bits per heavy atom. The molecule has 2 saturated heterocycles. The lowest BCUT2D eigenvalue weighted by Crippen LogP contribution is -2.52. The highest BCUT2D eigenvalue weighted by molar-refractivity contribution is 5.92. The van der Waals surface area contributed by atoms with Gasteiger partial charge in [-0.1, -0.05) is 12.1 Å². The van der Waals surface area contributed by atoms with E-state index in [4.69, 9.17) is 4.74 Å². The van der Waals surface area contributed by atoms with Crippen molar-refractivity contribution in [2.24, 2.45) is 5.92 Å². The number of likely N-dealkylation sites (tertiary alicyclic amines) is 1. The molecule has 0 saturated carbocycles. The number of halogens is 1. The Kier molecular flexibility index (Phi) is 7.44. The minimum Gasteiger partial charge on any atom is -0.495 e. The van der Waals surface area contributed by atoms with Crippen LogP contribution in [0.4, 0.5) is 15.8 Å². The number of amides is 2. The molecule has 7 nitrogen and oxygen atoms in total. The van der Waals surface area contributed by atoms with E-state index in [1.54, 1.807) is 19.2 Å². The highest BCUT2D eigenvalue weighted by Crippen LogP contribution is 2.29. The molecule has 2 amide bonds. The molecule has 0 bridgehead atoms. The van der Waals surface area contributed by atoms with Gasteiger partial charge in [0.15, 0.2) is 0 Å². The van der Waals surface area contributed by atoms with Gasteiger partial charge < -0.3 is 19.9 Å². The fourth-order valence-corrected chi connectivity index (χ4v) is 4.59. The van der Waals surface area contributed by atoms with Crippen LogP contribution < -0.4 is 15.0 Å². The van der Waals surface area contributed by atoms with Crippen LogP contribution in [-0.4, -0.2) is 74.5 Å². The first kappa shape index (κ1) is 23.0. The number of rotatable bonds is 6. The standard InChI is InChI=1S/C25H31FN4O3/c1-33-23-5-3-2-4-22(23)29-14-16-30(17-15-29)25(32)19-10-12-28(13-11-19)18-24(31)27-21-8-6-20(26)7-9-21/h2-9,19H,10-18H2,1H3,(H,27,31). The molecule has 8 heteroatoms. The van der Waals surface area contributed by atoms with E-state index < -0.39 is 0 Å². The minimum atomic E-state index is -0.332. The van der Waals surface area contributed by atoms with Gasteiger partial charge in [0.25, 0.3) is 0 Å². The molecular formula is C25H31FN4O3. The average molecular weight is 455 g/mol. The van der Waals surface area contributed by atoms with E-state index in [9.17, 15) is 14.0 Å². The van der Waals surface area contributed by atoms with Crippen LogP contribution >= 0.6 is 0 Å². The molecule has 0 unspecified atom stereocenters. The number of carbonyl (C=O) groups is 2. The molecule has 0 aromatic heterocycles. The van der Waals surface area contributed by atoms with E-state index in [0.717, 1.165) is 37.4 Å². The van der Waals surface area contributed by atoms with Gasteiger partial charge in [0, 0.05) is 37.8 Å². The zero-order valence-electron chi connectivity index (χ0n) is 19.0. The molecule has 176 valence electrons. The molecular weight excluding hydrogens is 423 g/mol. The fraction of sp³-hybridized carbons (Fsp3) is 0.440. The quantitative estimate of drug-likeness (QED) is 0.727. The van der Waals surface area contributed by atoms with Crippen LogP contribution in [0.25, 0.3) is 0 Å². The molecule has 0 aliphatic carbocycles. The van der Waals surface area contributed by atoms with Crippen molar-refractivity contribution in [2.75, 3.05) is 63.1 Å². The molecule has 2 aliphatic heterocycles. The number of carbonyl (C=O) groups excluding carboxylic acids is 2. The first-order valence-electron chi connectivity index (χ1n) is 11.5. The first-order valence-corrected chi connectivity index (χ1v) is 11.5. The Morgan fingerprint density at radius 2 is 1.64 bits per heavy atom. The number of hydrogen-bond acceptors (Lipinski definition) is 5. The summed E-state index contributed by atoms with van der Waals surface area (Å²) in [6.45, 7) is 4.69. The fourth-order valence-electron chi connectivity index (χ4n) is 4.59. The second kappa shape index (κ2) is 10.7. The minimum absolute atomic E-state index is 0.0132. The van der Waals surface area contributed by atoms with Crippen molar-refractivity contribution < 1.29 is 18.7 Å².